The Morgan fingerprint density at radius 1 is 1.11 bits per heavy atom. The van der Waals surface area contributed by atoms with Gasteiger partial charge in [0.1, 0.15) is 11.6 Å². The molecule has 1 saturated heterocycles. The number of hydrogen-bond acceptors (Lipinski definition) is 5. The van der Waals surface area contributed by atoms with Crippen LogP contribution in [0.25, 0.3) is 33.3 Å². The Kier molecular flexibility index (Phi) is 3.90. The van der Waals surface area contributed by atoms with Crippen molar-refractivity contribution < 1.29 is 5.11 Å². The molecule has 5 rings (SSSR count). The van der Waals surface area contributed by atoms with E-state index < -0.39 is 0 Å². The van der Waals surface area contributed by atoms with Gasteiger partial charge in [-0.2, -0.15) is 0 Å². The van der Waals surface area contributed by atoms with E-state index in [1.165, 1.54) is 6.42 Å². The highest BCUT2D eigenvalue weighted by Crippen LogP contribution is 2.34. The highest BCUT2D eigenvalue weighted by molar-refractivity contribution is 5.99. The van der Waals surface area contributed by atoms with Crippen LogP contribution in [0.15, 0.2) is 48.7 Å². The first-order valence-electron chi connectivity index (χ1n) is 9.32. The van der Waals surface area contributed by atoms with Gasteiger partial charge < -0.3 is 20.7 Å². The van der Waals surface area contributed by atoms with E-state index in [-0.39, 0.29) is 5.75 Å². The van der Waals surface area contributed by atoms with Crippen LogP contribution in [0.1, 0.15) is 12.8 Å². The van der Waals surface area contributed by atoms with Crippen LogP contribution in [-0.2, 0) is 0 Å². The molecule has 2 aromatic heterocycles. The lowest BCUT2D eigenvalue weighted by molar-refractivity contribution is 0.476. The first-order valence-corrected chi connectivity index (χ1v) is 9.32. The number of nitrogens with zero attached hydrogens (tertiary/aromatic N) is 2. The second-order valence-electron chi connectivity index (χ2n) is 7.04. The number of nitrogens with one attached hydrogen (secondary N) is 3. The molecule has 0 radical (unpaired) electrons. The third-order valence-corrected chi connectivity index (χ3v) is 5.14. The highest BCUT2D eigenvalue weighted by Gasteiger charge is 2.19. The fourth-order valence-electron chi connectivity index (χ4n) is 3.78. The number of H-pyrrole nitrogens is 1. The largest absolute Gasteiger partial charge is 0.508 e. The molecule has 1 aliphatic heterocycles. The number of rotatable bonds is 3. The van der Waals surface area contributed by atoms with Crippen molar-refractivity contribution in [1.29, 1.82) is 0 Å². The molecular weight excluding hydrogens is 338 g/mol. The van der Waals surface area contributed by atoms with Gasteiger partial charge in [0.2, 0.25) is 0 Å². The minimum Gasteiger partial charge on any atom is -0.508 e. The number of imidazole rings is 1. The summed E-state index contributed by atoms with van der Waals surface area (Å²) in [5.41, 5.74) is 4.58. The number of phenols is 1. The van der Waals surface area contributed by atoms with Gasteiger partial charge in [-0.3, -0.25) is 4.98 Å². The standard InChI is InChI=1S/C21H21N5O/c27-14-7-8-18-19(10-14)26-21(25-18)16-12-23-17-6-2-1-5-15(17)20(16)24-13-4-3-9-22-11-13/h1-2,5-8,10,12-13,22,27H,3-4,9,11H2,(H,23,24)(H,25,26). The van der Waals surface area contributed by atoms with Crippen molar-refractivity contribution in [3.05, 3.63) is 48.7 Å². The molecule has 6 heteroatoms. The van der Waals surface area contributed by atoms with Gasteiger partial charge in [0.05, 0.1) is 27.8 Å². The van der Waals surface area contributed by atoms with Crippen LogP contribution in [0.2, 0.25) is 0 Å². The summed E-state index contributed by atoms with van der Waals surface area (Å²) >= 11 is 0. The summed E-state index contributed by atoms with van der Waals surface area (Å²) in [5, 5.41) is 18.0. The van der Waals surface area contributed by atoms with Crippen molar-refractivity contribution in [2.45, 2.75) is 18.9 Å². The Hall–Kier alpha value is -3.12. The molecule has 0 saturated carbocycles. The van der Waals surface area contributed by atoms with E-state index in [2.05, 4.69) is 26.7 Å². The van der Waals surface area contributed by atoms with Gasteiger partial charge in [-0.05, 0) is 37.6 Å². The average molecular weight is 359 g/mol. The molecule has 6 nitrogen and oxygen atoms in total. The normalized spacial score (nSPS) is 17.4. The van der Waals surface area contributed by atoms with Crippen molar-refractivity contribution in [1.82, 2.24) is 20.3 Å². The number of benzene rings is 2. The van der Waals surface area contributed by atoms with E-state index in [9.17, 15) is 5.11 Å². The maximum Gasteiger partial charge on any atom is 0.142 e. The number of para-hydroxylation sites is 1. The third-order valence-electron chi connectivity index (χ3n) is 5.14. The zero-order valence-electron chi connectivity index (χ0n) is 14.9. The number of aromatic hydroxyl groups is 1. The molecule has 4 aromatic rings. The lowest BCUT2D eigenvalue weighted by Gasteiger charge is -2.26. The number of pyridine rings is 1. The fourth-order valence-corrected chi connectivity index (χ4v) is 3.78. The Morgan fingerprint density at radius 2 is 2.04 bits per heavy atom. The van der Waals surface area contributed by atoms with Crippen molar-refractivity contribution in [3.63, 3.8) is 0 Å². The number of aromatic amines is 1. The van der Waals surface area contributed by atoms with E-state index in [4.69, 9.17) is 4.98 Å². The number of fused-ring (bicyclic) bond motifs is 2. The van der Waals surface area contributed by atoms with Crippen LogP contribution >= 0.6 is 0 Å². The van der Waals surface area contributed by atoms with E-state index in [1.807, 2.05) is 30.5 Å². The van der Waals surface area contributed by atoms with Crippen molar-refractivity contribution in [2.24, 2.45) is 0 Å². The van der Waals surface area contributed by atoms with Gasteiger partial charge in [0.15, 0.2) is 0 Å². The van der Waals surface area contributed by atoms with Crippen LogP contribution < -0.4 is 10.6 Å². The number of hydrogen-bond donors (Lipinski definition) is 4. The van der Waals surface area contributed by atoms with Crippen LogP contribution in [-0.4, -0.2) is 39.2 Å². The molecule has 2 aromatic carbocycles. The zero-order chi connectivity index (χ0) is 18.2. The second kappa shape index (κ2) is 6.55. The van der Waals surface area contributed by atoms with Gasteiger partial charge in [-0.1, -0.05) is 18.2 Å². The molecule has 4 N–H and O–H groups in total. The van der Waals surface area contributed by atoms with Crippen LogP contribution in [0.5, 0.6) is 5.75 Å². The molecule has 1 atom stereocenters. The lowest BCUT2D eigenvalue weighted by atomic mass is 10.0. The molecule has 136 valence electrons. The first-order chi connectivity index (χ1) is 13.3. The summed E-state index contributed by atoms with van der Waals surface area (Å²) in [6, 6.07) is 13.7. The van der Waals surface area contributed by atoms with Crippen molar-refractivity contribution in [3.8, 4) is 17.1 Å². The number of aromatic nitrogens is 3. The van der Waals surface area contributed by atoms with Crippen LogP contribution in [0, 0.1) is 0 Å². The maximum absolute atomic E-state index is 9.74. The smallest absolute Gasteiger partial charge is 0.142 e. The maximum atomic E-state index is 9.74. The lowest BCUT2D eigenvalue weighted by Crippen LogP contribution is -2.38. The number of piperidine rings is 1. The summed E-state index contributed by atoms with van der Waals surface area (Å²) in [7, 11) is 0. The molecule has 1 unspecified atom stereocenters. The molecular formula is C21H21N5O. The molecule has 1 aliphatic rings. The number of anilines is 1. The first kappa shape index (κ1) is 16.1. The van der Waals surface area contributed by atoms with E-state index in [0.717, 1.165) is 58.5 Å². The van der Waals surface area contributed by atoms with E-state index in [0.29, 0.717) is 6.04 Å². The Labute approximate surface area is 156 Å². The Balaban J connectivity index is 1.66. The summed E-state index contributed by atoms with van der Waals surface area (Å²) in [4.78, 5) is 12.7. The highest BCUT2D eigenvalue weighted by atomic mass is 16.3. The SMILES string of the molecule is Oc1ccc2nc(-c3cnc4ccccc4c3NC3CCCNC3)[nH]c2c1. The quantitative estimate of drug-likeness (QED) is 0.449. The molecule has 27 heavy (non-hydrogen) atoms. The minimum atomic E-state index is 0.223. The second-order valence-corrected chi connectivity index (χ2v) is 7.04. The van der Waals surface area contributed by atoms with Crippen molar-refractivity contribution >= 4 is 27.6 Å². The number of phenolic OH excluding ortho intramolecular Hbond substituents is 1. The van der Waals surface area contributed by atoms with Gasteiger partial charge in [0.25, 0.3) is 0 Å². The van der Waals surface area contributed by atoms with Gasteiger partial charge in [0, 0.05) is 30.2 Å². The van der Waals surface area contributed by atoms with E-state index >= 15 is 0 Å². The summed E-state index contributed by atoms with van der Waals surface area (Å²) < 4.78 is 0. The predicted octanol–water partition coefficient (Wildman–Crippen LogP) is 3.65. The molecule has 1 fully saturated rings. The monoisotopic (exact) mass is 359 g/mol. The topological polar surface area (TPSA) is 85.9 Å². The average Bonchev–Trinajstić information content (AvgIpc) is 3.12. The van der Waals surface area contributed by atoms with Crippen LogP contribution in [0.3, 0.4) is 0 Å². The summed E-state index contributed by atoms with van der Waals surface area (Å²) in [6.07, 6.45) is 4.18. The van der Waals surface area contributed by atoms with Gasteiger partial charge >= 0.3 is 0 Å². The molecule has 0 amide bonds. The predicted molar refractivity (Wildman–Crippen MR) is 108 cm³/mol. The van der Waals surface area contributed by atoms with Gasteiger partial charge in [-0.25, -0.2) is 4.98 Å². The van der Waals surface area contributed by atoms with E-state index in [1.54, 1.807) is 12.1 Å². The fraction of sp³-hybridized carbons (Fsp3) is 0.238. The zero-order valence-corrected chi connectivity index (χ0v) is 14.9. The molecule has 0 spiro atoms. The summed E-state index contributed by atoms with van der Waals surface area (Å²) in [6.45, 7) is 2.03. The van der Waals surface area contributed by atoms with Crippen molar-refractivity contribution in [2.75, 3.05) is 18.4 Å². The minimum absolute atomic E-state index is 0.223. The Morgan fingerprint density at radius 3 is 2.93 bits per heavy atom. The molecule has 0 aliphatic carbocycles. The van der Waals surface area contributed by atoms with Gasteiger partial charge in [-0.15, -0.1) is 0 Å². The van der Waals surface area contributed by atoms with Crippen LogP contribution in [0.4, 0.5) is 5.69 Å². The Bertz CT molecular complexity index is 1110. The molecule has 0 bridgehead atoms. The molecule has 3 heterocycles. The summed E-state index contributed by atoms with van der Waals surface area (Å²) in [5.74, 6) is 0.973. The third kappa shape index (κ3) is 2.98.